The van der Waals surface area contributed by atoms with E-state index in [9.17, 15) is 4.79 Å². The number of carbonyl (C=O) groups excluding carboxylic acids is 1. The summed E-state index contributed by atoms with van der Waals surface area (Å²) in [5, 5.41) is 7.82. The van der Waals surface area contributed by atoms with Crippen LogP contribution in [-0.4, -0.2) is 64.8 Å². The minimum Gasteiger partial charge on any atom is -0.493 e. The summed E-state index contributed by atoms with van der Waals surface area (Å²) in [6.45, 7) is 11.3. The summed E-state index contributed by atoms with van der Waals surface area (Å²) in [6.07, 6.45) is 1.01. The van der Waals surface area contributed by atoms with E-state index in [-0.39, 0.29) is 5.91 Å². The van der Waals surface area contributed by atoms with E-state index in [0.717, 1.165) is 75.0 Å². The van der Waals surface area contributed by atoms with Crippen molar-refractivity contribution in [2.45, 2.75) is 39.9 Å². The number of nitrogens with one attached hydrogen (secondary N) is 1. The Morgan fingerprint density at radius 1 is 0.971 bits per heavy atom. The summed E-state index contributed by atoms with van der Waals surface area (Å²) in [5.74, 6) is 1.12. The Morgan fingerprint density at radius 3 is 2.54 bits per heavy atom. The fourth-order valence-corrected chi connectivity index (χ4v) is 5.05. The van der Waals surface area contributed by atoms with Crippen LogP contribution in [0.1, 0.15) is 33.6 Å². The van der Waals surface area contributed by atoms with Crippen molar-refractivity contribution in [1.29, 1.82) is 0 Å². The molecule has 2 aliphatic rings. The van der Waals surface area contributed by atoms with Crippen LogP contribution in [-0.2, 0) is 30.8 Å². The molecule has 0 saturated carbocycles. The molecule has 0 bridgehead atoms. The zero-order chi connectivity index (χ0) is 24.2. The van der Waals surface area contributed by atoms with Gasteiger partial charge >= 0.3 is 0 Å². The van der Waals surface area contributed by atoms with Crippen molar-refractivity contribution in [2.75, 3.05) is 39.3 Å². The van der Waals surface area contributed by atoms with Gasteiger partial charge in [0, 0.05) is 56.9 Å². The first-order valence-electron chi connectivity index (χ1n) is 12.6. The Morgan fingerprint density at radius 2 is 1.74 bits per heavy atom. The van der Waals surface area contributed by atoms with Crippen molar-refractivity contribution in [3.63, 3.8) is 0 Å². The van der Waals surface area contributed by atoms with Gasteiger partial charge in [0.25, 0.3) is 0 Å². The molecule has 2 aliphatic heterocycles. The van der Waals surface area contributed by atoms with Crippen molar-refractivity contribution in [3.05, 3.63) is 82.2 Å². The molecule has 1 aromatic heterocycles. The number of hydrogen-bond acceptors (Lipinski definition) is 5. The molecule has 0 atom stereocenters. The topological polar surface area (TPSA) is 62.6 Å². The molecule has 1 N–H and O–H groups in total. The fraction of sp³-hybridized carbons (Fsp3) is 0.429. The third-order valence-corrected chi connectivity index (χ3v) is 7.16. The molecule has 0 spiro atoms. The van der Waals surface area contributed by atoms with Crippen LogP contribution >= 0.6 is 0 Å². The van der Waals surface area contributed by atoms with Crippen molar-refractivity contribution >= 4 is 5.91 Å². The van der Waals surface area contributed by atoms with Gasteiger partial charge in [-0.05, 0) is 36.6 Å². The second kappa shape index (κ2) is 10.6. The number of rotatable bonds is 8. The summed E-state index contributed by atoms with van der Waals surface area (Å²) < 4.78 is 7.65. The van der Waals surface area contributed by atoms with E-state index < -0.39 is 0 Å². The van der Waals surface area contributed by atoms with Crippen LogP contribution in [0.25, 0.3) is 0 Å². The third kappa shape index (κ3) is 5.74. The molecular weight excluding hydrogens is 438 g/mol. The monoisotopic (exact) mass is 473 g/mol. The number of piperazine rings is 1. The molecular formula is C28H35N5O2. The van der Waals surface area contributed by atoms with Gasteiger partial charge in [0.2, 0.25) is 5.91 Å². The van der Waals surface area contributed by atoms with Crippen molar-refractivity contribution in [1.82, 2.24) is 24.9 Å². The average molecular weight is 474 g/mol. The van der Waals surface area contributed by atoms with E-state index in [1.165, 1.54) is 16.7 Å². The molecule has 0 aliphatic carbocycles. The number of aryl methyl sites for hydroxylation is 1. The van der Waals surface area contributed by atoms with Crippen LogP contribution in [0.3, 0.4) is 0 Å². The lowest BCUT2D eigenvalue weighted by molar-refractivity contribution is -0.122. The number of fused-ring (bicyclic) bond motifs is 1. The Kier molecular flexibility index (Phi) is 7.16. The SMILES string of the molecule is Cc1nn(Cc2ccccc2)c(C)c1CNC(=O)CN1CCN(Cc2ccc3c(c2)CCO3)CC1. The molecule has 1 fully saturated rings. The molecule has 7 nitrogen and oxygen atoms in total. The molecule has 1 amide bonds. The summed E-state index contributed by atoms with van der Waals surface area (Å²) in [5.41, 5.74) is 7.09. The highest BCUT2D eigenvalue weighted by molar-refractivity contribution is 5.78. The lowest BCUT2D eigenvalue weighted by Crippen LogP contribution is -2.49. The van der Waals surface area contributed by atoms with E-state index in [0.29, 0.717) is 13.1 Å². The number of amides is 1. The number of aromatic nitrogens is 2. The maximum atomic E-state index is 12.7. The smallest absolute Gasteiger partial charge is 0.234 e. The Labute approximate surface area is 207 Å². The Balaban J connectivity index is 1.07. The van der Waals surface area contributed by atoms with E-state index in [2.05, 4.69) is 52.4 Å². The number of benzene rings is 2. The van der Waals surface area contributed by atoms with Crippen molar-refractivity contribution in [3.8, 4) is 5.75 Å². The predicted molar refractivity (Wildman–Crippen MR) is 136 cm³/mol. The second-order valence-corrected chi connectivity index (χ2v) is 9.66. The summed E-state index contributed by atoms with van der Waals surface area (Å²) in [6, 6.07) is 16.9. The van der Waals surface area contributed by atoms with Crippen LogP contribution in [0.2, 0.25) is 0 Å². The van der Waals surface area contributed by atoms with Crippen LogP contribution in [0.5, 0.6) is 5.75 Å². The molecule has 3 heterocycles. The predicted octanol–water partition coefficient (Wildman–Crippen LogP) is 2.92. The van der Waals surface area contributed by atoms with Gasteiger partial charge in [-0.3, -0.25) is 19.3 Å². The lowest BCUT2D eigenvalue weighted by atomic mass is 10.1. The van der Waals surface area contributed by atoms with E-state index in [4.69, 9.17) is 9.84 Å². The van der Waals surface area contributed by atoms with Crippen LogP contribution in [0, 0.1) is 13.8 Å². The molecule has 184 valence electrons. The Hall–Kier alpha value is -3.16. The third-order valence-electron chi connectivity index (χ3n) is 7.16. The number of carbonyl (C=O) groups is 1. The lowest BCUT2D eigenvalue weighted by Gasteiger charge is -2.34. The van der Waals surface area contributed by atoms with E-state index in [1.807, 2.05) is 29.8 Å². The summed E-state index contributed by atoms with van der Waals surface area (Å²) in [4.78, 5) is 17.4. The first-order chi connectivity index (χ1) is 17.0. The van der Waals surface area contributed by atoms with Gasteiger partial charge < -0.3 is 10.1 Å². The molecule has 35 heavy (non-hydrogen) atoms. The Bertz CT molecular complexity index is 1170. The van der Waals surface area contributed by atoms with Gasteiger partial charge in [-0.25, -0.2) is 0 Å². The summed E-state index contributed by atoms with van der Waals surface area (Å²) >= 11 is 0. The minimum absolute atomic E-state index is 0.0756. The highest BCUT2D eigenvalue weighted by atomic mass is 16.5. The highest BCUT2D eigenvalue weighted by Gasteiger charge is 2.21. The van der Waals surface area contributed by atoms with E-state index >= 15 is 0 Å². The van der Waals surface area contributed by atoms with Crippen LogP contribution in [0.4, 0.5) is 0 Å². The van der Waals surface area contributed by atoms with Gasteiger partial charge in [-0.15, -0.1) is 0 Å². The quantitative estimate of drug-likeness (QED) is 0.545. The number of nitrogens with zero attached hydrogens (tertiary/aromatic N) is 4. The van der Waals surface area contributed by atoms with Gasteiger partial charge in [0.15, 0.2) is 0 Å². The van der Waals surface area contributed by atoms with Gasteiger partial charge in [-0.2, -0.15) is 5.10 Å². The molecule has 0 unspecified atom stereocenters. The van der Waals surface area contributed by atoms with Crippen LogP contribution < -0.4 is 10.1 Å². The van der Waals surface area contributed by atoms with Gasteiger partial charge in [0.05, 0.1) is 25.4 Å². The molecule has 2 aromatic carbocycles. The zero-order valence-electron chi connectivity index (χ0n) is 20.8. The van der Waals surface area contributed by atoms with Crippen molar-refractivity contribution in [2.24, 2.45) is 0 Å². The maximum Gasteiger partial charge on any atom is 0.234 e. The largest absolute Gasteiger partial charge is 0.493 e. The molecule has 7 heteroatoms. The van der Waals surface area contributed by atoms with E-state index in [1.54, 1.807) is 0 Å². The highest BCUT2D eigenvalue weighted by Crippen LogP contribution is 2.26. The number of ether oxygens (including phenoxy) is 1. The average Bonchev–Trinajstić information content (AvgIpc) is 3.43. The standard InChI is InChI=1S/C28H35N5O2/c1-21-26(22(2)33(30-21)19-23-6-4-3-5-7-23)17-29-28(34)20-32-13-11-31(12-14-32)18-24-8-9-27-25(16-24)10-15-35-27/h3-9,16H,10-15,17-20H2,1-2H3,(H,29,34). The summed E-state index contributed by atoms with van der Waals surface area (Å²) in [7, 11) is 0. The zero-order valence-corrected chi connectivity index (χ0v) is 20.8. The molecule has 1 saturated heterocycles. The maximum absolute atomic E-state index is 12.7. The molecule has 3 aromatic rings. The van der Waals surface area contributed by atoms with Crippen LogP contribution in [0.15, 0.2) is 48.5 Å². The minimum atomic E-state index is 0.0756. The first-order valence-corrected chi connectivity index (χ1v) is 12.6. The first kappa shape index (κ1) is 23.6. The molecule has 0 radical (unpaired) electrons. The normalized spacial score (nSPS) is 16.2. The second-order valence-electron chi connectivity index (χ2n) is 9.66. The fourth-order valence-electron chi connectivity index (χ4n) is 5.05. The molecule has 5 rings (SSSR count). The number of hydrogen-bond donors (Lipinski definition) is 1. The van der Waals surface area contributed by atoms with Gasteiger partial charge in [-0.1, -0.05) is 42.5 Å². The van der Waals surface area contributed by atoms with Gasteiger partial charge in [0.1, 0.15) is 5.75 Å². The van der Waals surface area contributed by atoms with Crippen molar-refractivity contribution < 1.29 is 9.53 Å².